The van der Waals surface area contributed by atoms with Gasteiger partial charge in [-0.25, -0.2) is 13.1 Å². The van der Waals surface area contributed by atoms with E-state index in [0.717, 1.165) is 21.6 Å². The zero-order valence-electron chi connectivity index (χ0n) is 13.3. The Bertz CT molecular complexity index is 753. The molecule has 118 valence electrons. The molecule has 22 heavy (non-hydrogen) atoms. The van der Waals surface area contributed by atoms with Crippen molar-refractivity contribution >= 4 is 21.8 Å². The summed E-state index contributed by atoms with van der Waals surface area (Å²) >= 11 is 1.59. The van der Waals surface area contributed by atoms with Crippen LogP contribution in [0.2, 0.25) is 0 Å². The molecule has 2 aromatic carbocycles. The summed E-state index contributed by atoms with van der Waals surface area (Å²) in [6, 6.07) is 12.7. The predicted octanol–water partition coefficient (Wildman–Crippen LogP) is 4.06. The first-order valence-electron chi connectivity index (χ1n) is 7.07. The Morgan fingerprint density at radius 3 is 2.27 bits per heavy atom. The van der Waals surface area contributed by atoms with Gasteiger partial charge in [0.15, 0.2) is 0 Å². The Kier molecular flexibility index (Phi) is 5.32. The van der Waals surface area contributed by atoms with Crippen LogP contribution >= 0.6 is 11.8 Å². The summed E-state index contributed by atoms with van der Waals surface area (Å²) in [6.45, 7) is 5.87. The maximum atomic E-state index is 12.5. The Morgan fingerprint density at radius 1 is 1.05 bits per heavy atom. The first-order chi connectivity index (χ1) is 10.3. The van der Waals surface area contributed by atoms with Gasteiger partial charge < -0.3 is 0 Å². The van der Waals surface area contributed by atoms with Crippen molar-refractivity contribution in [3.05, 3.63) is 59.2 Å². The molecule has 1 atom stereocenters. The molecular weight excluding hydrogens is 314 g/mol. The summed E-state index contributed by atoms with van der Waals surface area (Å²) in [5, 5.41) is 0. The molecule has 5 heteroatoms. The summed E-state index contributed by atoms with van der Waals surface area (Å²) < 4.78 is 27.7. The molecule has 0 heterocycles. The zero-order valence-corrected chi connectivity index (χ0v) is 14.9. The summed E-state index contributed by atoms with van der Waals surface area (Å²) in [7, 11) is -3.52. The number of hydrogen-bond donors (Lipinski definition) is 1. The van der Waals surface area contributed by atoms with Crippen LogP contribution in [0.1, 0.15) is 29.7 Å². The minimum atomic E-state index is -3.52. The van der Waals surface area contributed by atoms with Gasteiger partial charge in [-0.1, -0.05) is 23.8 Å². The van der Waals surface area contributed by atoms with Crippen LogP contribution in [0.4, 0.5) is 0 Å². The van der Waals surface area contributed by atoms with Gasteiger partial charge in [0.25, 0.3) is 0 Å². The Hall–Kier alpha value is -1.30. The molecule has 0 aliphatic rings. The first kappa shape index (κ1) is 17.1. The highest BCUT2D eigenvalue weighted by atomic mass is 32.2. The second-order valence-electron chi connectivity index (χ2n) is 5.38. The highest BCUT2D eigenvalue weighted by Gasteiger charge is 2.19. The summed E-state index contributed by atoms with van der Waals surface area (Å²) in [5.74, 6) is 0. The molecule has 0 unspecified atom stereocenters. The van der Waals surface area contributed by atoms with Crippen molar-refractivity contribution in [2.24, 2.45) is 0 Å². The number of benzene rings is 2. The lowest BCUT2D eigenvalue weighted by Gasteiger charge is -2.17. The van der Waals surface area contributed by atoms with Crippen LogP contribution < -0.4 is 4.72 Å². The molecule has 0 aliphatic heterocycles. The predicted molar refractivity (Wildman–Crippen MR) is 92.9 cm³/mol. The van der Waals surface area contributed by atoms with Gasteiger partial charge >= 0.3 is 0 Å². The first-order valence-corrected chi connectivity index (χ1v) is 9.78. The maximum Gasteiger partial charge on any atom is 0.241 e. The summed E-state index contributed by atoms with van der Waals surface area (Å²) in [4.78, 5) is 1.34. The Labute approximate surface area is 137 Å². The third-order valence-electron chi connectivity index (χ3n) is 3.60. The van der Waals surface area contributed by atoms with Crippen molar-refractivity contribution < 1.29 is 8.42 Å². The van der Waals surface area contributed by atoms with Crippen molar-refractivity contribution in [3.63, 3.8) is 0 Å². The van der Waals surface area contributed by atoms with Gasteiger partial charge in [-0.3, -0.25) is 0 Å². The highest BCUT2D eigenvalue weighted by molar-refractivity contribution is 7.98. The van der Waals surface area contributed by atoms with Gasteiger partial charge in [-0.2, -0.15) is 0 Å². The van der Waals surface area contributed by atoms with Crippen LogP contribution in [-0.4, -0.2) is 14.7 Å². The molecule has 0 saturated heterocycles. The molecule has 0 spiro atoms. The average Bonchev–Trinajstić information content (AvgIpc) is 2.49. The smallest absolute Gasteiger partial charge is 0.207 e. The second kappa shape index (κ2) is 6.86. The van der Waals surface area contributed by atoms with E-state index in [9.17, 15) is 8.42 Å². The lowest BCUT2D eigenvalue weighted by molar-refractivity contribution is 0.566. The third kappa shape index (κ3) is 3.91. The van der Waals surface area contributed by atoms with E-state index >= 15 is 0 Å². The summed E-state index contributed by atoms with van der Waals surface area (Å²) in [6.07, 6.45) is 1.96. The second-order valence-corrected chi connectivity index (χ2v) is 7.97. The monoisotopic (exact) mass is 335 g/mol. The number of nitrogens with one attached hydrogen (secondary N) is 1. The van der Waals surface area contributed by atoms with Crippen molar-refractivity contribution in [1.82, 2.24) is 4.72 Å². The Balaban J connectivity index is 2.25. The fourth-order valence-electron chi connectivity index (χ4n) is 2.35. The Morgan fingerprint density at radius 2 is 1.68 bits per heavy atom. The fraction of sp³-hybridized carbons (Fsp3) is 0.294. The highest BCUT2D eigenvalue weighted by Crippen LogP contribution is 2.22. The lowest BCUT2D eigenvalue weighted by atomic mass is 10.0. The van der Waals surface area contributed by atoms with E-state index in [2.05, 4.69) is 4.72 Å². The SMILES string of the molecule is CSc1ccc(S(=O)(=O)N[C@H](C)c2cc(C)ccc2C)cc1. The number of sulfonamides is 1. The maximum absolute atomic E-state index is 12.5. The topological polar surface area (TPSA) is 46.2 Å². The zero-order chi connectivity index (χ0) is 16.3. The van der Waals surface area contributed by atoms with Crippen molar-refractivity contribution in [2.45, 2.75) is 36.6 Å². The third-order valence-corrected chi connectivity index (χ3v) is 5.90. The van der Waals surface area contributed by atoms with Gasteiger partial charge in [-0.15, -0.1) is 11.8 Å². The van der Waals surface area contributed by atoms with Gasteiger partial charge in [0.1, 0.15) is 0 Å². The largest absolute Gasteiger partial charge is 0.241 e. The van der Waals surface area contributed by atoms with Gasteiger partial charge in [0.2, 0.25) is 10.0 Å². The lowest BCUT2D eigenvalue weighted by Crippen LogP contribution is -2.27. The van der Waals surface area contributed by atoms with Crippen LogP contribution in [0.15, 0.2) is 52.3 Å². The van der Waals surface area contributed by atoms with E-state index in [0.29, 0.717) is 4.90 Å². The minimum absolute atomic E-state index is 0.273. The van der Waals surface area contributed by atoms with Gasteiger partial charge in [-0.05, 0) is 62.4 Å². The number of thioether (sulfide) groups is 1. The molecule has 3 nitrogen and oxygen atoms in total. The average molecular weight is 335 g/mol. The van der Waals surface area contributed by atoms with Crippen LogP contribution in [0.3, 0.4) is 0 Å². The van der Waals surface area contributed by atoms with Crippen LogP contribution in [0, 0.1) is 13.8 Å². The summed E-state index contributed by atoms with van der Waals surface area (Å²) in [5.41, 5.74) is 3.21. The van der Waals surface area contributed by atoms with E-state index in [1.54, 1.807) is 23.9 Å². The molecule has 2 rings (SSSR count). The number of hydrogen-bond acceptors (Lipinski definition) is 3. The van der Waals surface area contributed by atoms with Crippen molar-refractivity contribution in [3.8, 4) is 0 Å². The van der Waals surface area contributed by atoms with Crippen LogP contribution in [0.25, 0.3) is 0 Å². The van der Waals surface area contributed by atoms with Crippen LogP contribution in [-0.2, 0) is 10.0 Å². The molecule has 0 aromatic heterocycles. The molecule has 2 aromatic rings. The van der Waals surface area contributed by atoms with E-state index in [-0.39, 0.29) is 6.04 Å². The van der Waals surface area contributed by atoms with Crippen molar-refractivity contribution in [2.75, 3.05) is 6.26 Å². The van der Waals surface area contributed by atoms with Gasteiger partial charge in [0.05, 0.1) is 4.90 Å². The molecule has 0 bridgehead atoms. The molecule has 0 radical (unpaired) electrons. The molecular formula is C17H21NO2S2. The molecule has 0 aliphatic carbocycles. The standard InChI is InChI=1S/C17H21NO2S2/c1-12-5-6-13(2)17(11-12)14(3)18-22(19,20)16-9-7-15(21-4)8-10-16/h5-11,14,18H,1-4H3/t14-/m1/s1. The molecule has 0 fully saturated rings. The normalized spacial score (nSPS) is 13.1. The van der Waals surface area contributed by atoms with E-state index in [1.807, 2.05) is 57.4 Å². The van der Waals surface area contributed by atoms with E-state index < -0.39 is 10.0 Å². The van der Waals surface area contributed by atoms with Gasteiger partial charge in [0, 0.05) is 10.9 Å². The van der Waals surface area contributed by atoms with E-state index in [4.69, 9.17) is 0 Å². The minimum Gasteiger partial charge on any atom is -0.207 e. The molecule has 1 N–H and O–H groups in total. The van der Waals surface area contributed by atoms with Crippen molar-refractivity contribution in [1.29, 1.82) is 0 Å². The van der Waals surface area contributed by atoms with E-state index in [1.165, 1.54) is 0 Å². The molecule has 0 amide bonds. The quantitative estimate of drug-likeness (QED) is 0.838. The molecule has 0 saturated carbocycles. The number of rotatable bonds is 5. The van der Waals surface area contributed by atoms with Crippen LogP contribution in [0.5, 0.6) is 0 Å². The number of aryl methyl sites for hydroxylation is 2. The fourth-order valence-corrected chi connectivity index (χ4v) is 3.98.